The molecule has 1 aliphatic rings. The van der Waals surface area contributed by atoms with Gasteiger partial charge in [0.1, 0.15) is 0 Å². The monoisotopic (exact) mass is 336 g/mol. The first-order chi connectivity index (χ1) is 9.74. The number of rotatable bonds is 3. The van der Waals surface area contributed by atoms with Crippen molar-refractivity contribution in [2.24, 2.45) is 0 Å². The summed E-state index contributed by atoms with van der Waals surface area (Å²) in [6.45, 7) is 0.950. The molecule has 1 saturated heterocycles. The van der Waals surface area contributed by atoms with Crippen LogP contribution in [0.15, 0.2) is 33.2 Å². The summed E-state index contributed by atoms with van der Waals surface area (Å²) >= 11 is 3.33. The fourth-order valence-corrected chi connectivity index (χ4v) is 2.60. The average Bonchev–Trinajstić information content (AvgIpc) is 3.09. The lowest BCUT2D eigenvalue weighted by Crippen LogP contribution is -2.13. The van der Waals surface area contributed by atoms with E-state index < -0.39 is 0 Å². The first kappa shape index (κ1) is 13.3. The second-order valence-corrected chi connectivity index (χ2v) is 5.38. The number of amides is 1. The summed E-state index contributed by atoms with van der Waals surface area (Å²) in [5, 5.41) is 13.7. The Balaban J connectivity index is 1.72. The number of aromatic nitrogens is 2. The highest BCUT2D eigenvalue weighted by molar-refractivity contribution is 9.10. The van der Waals surface area contributed by atoms with Gasteiger partial charge >= 0.3 is 6.01 Å². The number of anilines is 1. The van der Waals surface area contributed by atoms with E-state index in [2.05, 4.69) is 36.8 Å². The van der Waals surface area contributed by atoms with Gasteiger partial charge in [-0.1, -0.05) is 17.2 Å². The molecule has 2 heterocycles. The number of carbonyl (C=O) groups is 1. The number of benzene rings is 1. The van der Waals surface area contributed by atoms with Gasteiger partial charge in [-0.05, 0) is 47.4 Å². The smallest absolute Gasteiger partial charge is 0.322 e. The van der Waals surface area contributed by atoms with Gasteiger partial charge in [-0.25, -0.2) is 0 Å². The fraction of sp³-hybridized carbons (Fsp3) is 0.308. The zero-order valence-corrected chi connectivity index (χ0v) is 12.2. The summed E-state index contributed by atoms with van der Waals surface area (Å²) in [5.74, 6) is 0.233. The van der Waals surface area contributed by atoms with Crippen LogP contribution in [0.4, 0.5) is 6.01 Å². The highest BCUT2D eigenvalue weighted by Crippen LogP contribution is 2.23. The molecule has 1 aromatic heterocycles. The zero-order valence-electron chi connectivity index (χ0n) is 10.6. The molecule has 6 nitrogen and oxygen atoms in total. The van der Waals surface area contributed by atoms with Crippen LogP contribution in [0, 0.1) is 0 Å². The molecule has 104 valence electrons. The molecule has 1 atom stereocenters. The Bertz CT molecular complexity index is 622. The van der Waals surface area contributed by atoms with Crippen LogP contribution in [-0.4, -0.2) is 22.6 Å². The fourth-order valence-electron chi connectivity index (χ4n) is 2.13. The molecular weight excluding hydrogens is 324 g/mol. The van der Waals surface area contributed by atoms with Crippen LogP contribution in [-0.2, 0) is 0 Å². The maximum atomic E-state index is 12.1. The van der Waals surface area contributed by atoms with Crippen LogP contribution in [0.2, 0.25) is 0 Å². The van der Waals surface area contributed by atoms with Crippen molar-refractivity contribution in [3.8, 4) is 0 Å². The molecule has 0 aliphatic carbocycles. The standard InChI is InChI=1S/C13H13BrN4O2/c14-9-5-2-1-4-8(9)11(19)16-13-18-17-12(20-13)10-6-3-7-15-10/h1-2,4-5,10,15H,3,6-7H2,(H,16,18,19). The highest BCUT2D eigenvalue weighted by atomic mass is 79.9. The molecule has 1 unspecified atom stereocenters. The van der Waals surface area contributed by atoms with E-state index in [-0.39, 0.29) is 18.0 Å². The van der Waals surface area contributed by atoms with Crippen LogP contribution in [0.1, 0.15) is 35.1 Å². The maximum absolute atomic E-state index is 12.1. The third-order valence-electron chi connectivity index (χ3n) is 3.14. The molecule has 1 aliphatic heterocycles. The second kappa shape index (κ2) is 5.72. The van der Waals surface area contributed by atoms with Crippen molar-refractivity contribution < 1.29 is 9.21 Å². The topological polar surface area (TPSA) is 80.0 Å². The van der Waals surface area contributed by atoms with Gasteiger partial charge in [-0.3, -0.25) is 10.1 Å². The van der Waals surface area contributed by atoms with Gasteiger partial charge < -0.3 is 9.73 Å². The SMILES string of the molecule is O=C(Nc1nnc(C2CCCN2)o1)c1ccccc1Br. The van der Waals surface area contributed by atoms with Gasteiger partial charge in [0, 0.05) is 4.47 Å². The van der Waals surface area contributed by atoms with Crippen molar-refractivity contribution in [3.63, 3.8) is 0 Å². The lowest BCUT2D eigenvalue weighted by molar-refractivity contribution is 0.102. The summed E-state index contributed by atoms with van der Waals surface area (Å²) in [4.78, 5) is 12.1. The summed E-state index contributed by atoms with van der Waals surface area (Å²) in [6.07, 6.45) is 2.06. The average molecular weight is 337 g/mol. The Kier molecular flexibility index (Phi) is 3.79. The molecule has 20 heavy (non-hydrogen) atoms. The van der Waals surface area contributed by atoms with E-state index in [1.807, 2.05) is 6.07 Å². The first-order valence-electron chi connectivity index (χ1n) is 6.37. The molecule has 2 N–H and O–H groups in total. The van der Waals surface area contributed by atoms with Crippen molar-refractivity contribution in [2.45, 2.75) is 18.9 Å². The minimum atomic E-state index is -0.285. The number of nitrogens with one attached hydrogen (secondary N) is 2. The summed E-state index contributed by atoms with van der Waals surface area (Å²) < 4.78 is 6.18. The Hall–Kier alpha value is -1.73. The van der Waals surface area contributed by atoms with Crippen molar-refractivity contribution in [3.05, 3.63) is 40.2 Å². The number of hydrogen-bond donors (Lipinski definition) is 2. The highest BCUT2D eigenvalue weighted by Gasteiger charge is 2.22. The molecule has 0 bridgehead atoms. The maximum Gasteiger partial charge on any atom is 0.322 e. The zero-order chi connectivity index (χ0) is 13.9. The Labute approximate surface area is 124 Å². The van der Waals surface area contributed by atoms with Crippen LogP contribution in [0.25, 0.3) is 0 Å². The van der Waals surface area contributed by atoms with E-state index in [9.17, 15) is 4.79 Å². The normalized spacial score (nSPS) is 18.1. The van der Waals surface area contributed by atoms with E-state index in [1.165, 1.54) is 0 Å². The molecule has 1 amide bonds. The van der Waals surface area contributed by atoms with Gasteiger partial charge in [0.05, 0.1) is 11.6 Å². The second-order valence-electron chi connectivity index (χ2n) is 4.53. The number of carbonyl (C=O) groups excluding carboxylic acids is 1. The van der Waals surface area contributed by atoms with Gasteiger partial charge in [0.15, 0.2) is 0 Å². The summed E-state index contributed by atoms with van der Waals surface area (Å²) in [6, 6.07) is 7.37. The summed E-state index contributed by atoms with van der Waals surface area (Å²) in [5.41, 5.74) is 0.520. The third-order valence-corrected chi connectivity index (χ3v) is 3.83. The van der Waals surface area contributed by atoms with Crippen LogP contribution in [0.5, 0.6) is 0 Å². The van der Waals surface area contributed by atoms with Crippen LogP contribution in [0.3, 0.4) is 0 Å². The van der Waals surface area contributed by atoms with Gasteiger partial charge in [0.25, 0.3) is 5.91 Å². The van der Waals surface area contributed by atoms with E-state index in [0.717, 1.165) is 23.9 Å². The molecule has 0 spiro atoms. The Morgan fingerprint density at radius 2 is 2.25 bits per heavy atom. The minimum Gasteiger partial charge on any atom is -0.406 e. The molecule has 0 radical (unpaired) electrons. The van der Waals surface area contributed by atoms with Crippen molar-refractivity contribution in [2.75, 3.05) is 11.9 Å². The van der Waals surface area contributed by atoms with E-state index in [0.29, 0.717) is 11.5 Å². The van der Waals surface area contributed by atoms with Crippen LogP contribution < -0.4 is 10.6 Å². The lowest BCUT2D eigenvalue weighted by atomic mass is 10.2. The number of hydrogen-bond acceptors (Lipinski definition) is 5. The van der Waals surface area contributed by atoms with Gasteiger partial charge in [-0.15, -0.1) is 5.10 Å². The number of halogens is 1. The Morgan fingerprint density at radius 3 is 3.00 bits per heavy atom. The molecule has 3 rings (SSSR count). The molecule has 0 saturated carbocycles. The molecule has 1 aromatic carbocycles. The third kappa shape index (κ3) is 2.73. The minimum absolute atomic E-state index is 0.0941. The van der Waals surface area contributed by atoms with Crippen LogP contribution >= 0.6 is 15.9 Å². The van der Waals surface area contributed by atoms with Crippen molar-refractivity contribution >= 4 is 27.9 Å². The quantitative estimate of drug-likeness (QED) is 0.900. The van der Waals surface area contributed by atoms with Crippen molar-refractivity contribution in [1.29, 1.82) is 0 Å². The largest absolute Gasteiger partial charge is 0.406 e. The van der Waals surface area contributed by atoms with Gasteiger partial charge in [0.2, 0.25) is 5.89 Å². The molecule has 1 fully saturated rings. The predicted octanol–water partition coefficient (Wildman–Crippen LogP) is 2.51. The molecule has 7 heteroatoms. The van der Waals surface area contributed by atoms with Crippen molar-refractivity contribution in [1.82, 2.24) is 15.5 Å². The summed E-state index contributed by atoms with van der Waals surface area (Å²) in [7, 11) is 0. The van der Waals surface area contributed by atoms with E-state index in [1.54, 1.807) is 18.2 Å². The lowest BCUT2D eigenvalue weighted by Gasteiger charge is -2.04. The Morgan fingerprint density at radius 1 is 1.40 bits per heavy atom. The van der Waals surface area contributed by atoms with Gasteiger partial charge in [-0.2, -0.15) is 0 Å². The first-order valence-corrected chi connectivity index (χ1v) is 7.16. The molecular formula is C13H13BrN4O2. The molecule has 2 aromatic rings. The number of nitrogens with zero attached hydrogens (tertiary/aromatic N) is 2. The van der Waals surface area contributed by atoms with E-state index >= 15 is 0 Å². The predicted molar refractivity (Wildman–Crippen MR) is 76.4 cm³/mol. The van der Waals surface area contributed by atoms with E-state index in [4.69, 9.17) is 4.42 Å².